The Kier molecular flexibility index (Phi) is 5.64. The van der Waals surface area contributed by atoms with E-state index in [1.807, 2.05) is 46.2 Å². The van der Waals surface area contributed by atoms with Crippen LogP contribution in [0.15, 0.2) is 36.4 Å². The third kappa shape index (κ3) is 4.23. The van der Waals surface area contributed by atoms with Crippen molar-refractivity contribution >= 4 is 17.9 Å². The second kappa shape index (κ2) is 8.11. The lowest BCUT2D eigenvalue weighted by Crippen LogP contribution is -2.47. The van der Waals surface area contributed by atoms with Gasteiger partial charge in [-0.15, -0.1) is 0 Å². The molecular formula is C19H24N2O3. The summed E-state index contributed by atoms with van der Waals surface area (Å²) in [5, 5.41) is 0. The molecule has 0 spiro atoms. The molecule has 0 aliphatic carbocycles. The van der Waals surface area contributed by atoms with Crippen LogP contribution >= 0.6 is 0 Å². The molecule has 0 N–H and O–H groups in total. The Morgan fingerprint density at radius 2 is 1.62 bits per heavy atom. The fourth-order valence-electron chi connectivity index (χ4n) is 3.23. The number of amides is 2. The molecule has 2 aliphatic rings. The van der Waals surface area contributed by atoms with E-state index in [9.17, 15) is 9.59 Å². The Balaban J connectivity index is 1.48. The number of carbonyl (C=O) groups is 2. The molecule has 2 fully saturated rings. The molecule has 2 heterocycles. The number of hydrogen-bond acceptors (Lipinski definition) is 3. The molecule has 0 bridgehead atoms. The van der Waals surface area contributed by atoms with Crippen LogP contribution in [0.2, 0.25) is 0 Å². The lowest BCUT2D eigenvalue weighted by Gasteiger charge is -2.35. The number of morpholine rings is 1. The van der Waals surface area contributed by atoms with Gasteiger partial charge in [-0.2, -0.15) is 0 Å². The molecule has 0 atom stereocenters. The molecule has 1 aromatic carbocycles. The number of piperidine rings is 1. The standard InChI is InChI=1S/C19H24N2O3/c22-18(7-6-16-4-2-1-3-5-16)20-10-8-17(9-11-20)19(23)21-12-14-24-15-13-21/h1-7,17H,8-15H2. The fourth-order valence-corrected chi connectivity index (χ4v) is 3.23. The number of hydrogen-bond donors (Lipinski definition) is 0. The summed E-state index contributed by atoms with van der Waals surface area (Å²) in [7, 11) is 0. The quantitative estimate of drug-likeness (QED) is 0.795. The first-order chi connectivity index (χ1) is 11.7. The highest BCUT2D eigenvalue weighted by Crippen LogP contribution is 2.20. The predicted molar refractivity (Wildman–Crippen MR) is 92.2 cm³/mol. The molecule has 2 saturated heterocycles. The van der Waals surface area contributed by atoms with E-state index >= 15 is 0 Å². The van der Waals surface area contributed by atoms with E-state index in [0.717, 1.165) is 18.4 Å². The van der Waals surface area contributed by atoms with Crippen LogP contribution in [0.5, 0.6) is 0 Å². The molecular weight excluding hydrogens is 304 g/mol. The van der Waals surface area contributed by atoms with Crippen LogP contribution in [0.4, 0.5) is 0 Å². The van der Waals surface area contributed by atoms with E-state index < -0.39 is 0 Å². The minimum absolute atomic E-state index is 0.0242. The number of rotatable bonds is 3. The Labute approximate surface area is 142 Å². The SMILES string of the molecule is O=C(C=Cc1ccccc1)N1CCC(C(=O)N2CCOCC2)CC1. The zero-order chi connectivity index (χ0) is 16.8. The van der Waals surface area contributed by atoms with Gasteiger partial charge in [-0.1, -0.05) is 30.3 Å². The zero-order valence-corrected chi connectivity index (χ0v) is 13.9. The van der Waals surface area contributed by atoms with Crippen molar-refractivity contribution in [1.82, 2.24) is 9.80 Å². The van der Waals surface area contributed by atoms with Gasteiger partial charge in [-0.05, 0) is 24.5 Å². The van der Waals surface area contributed by atoms with Crippen LogP contribution < -0.4 is 0 Å². The average molecular weight is 328 g/mol. The highest BCUT2D eigenvalue weighted by atomic mass is 16.5. The van der Waals surface area contributed by atoms with Crippen molar-refractivity contribution in [3.05, 3.63) is 42.0 Å². The van der Waals surface area contributed by atoms with Crippen LogP contribution in [-0.4, -0.2) is 61.0 Å². The van der Waals surface area contributed by atoms with Gasteiger partial charge >= 0.3 is 0 Å². The molecule has 0 radical (unpaired) electrons. The van der Waals surface area contributed by atoms with Crippen molar-refractivity contribution in [2.75, 3.05) is 39.4 Å². The molecule has 128 valence electrons. The van der Waals surface area contributed by atoms with Crippen LogP contribution in [0.25, 0.3) is 6.08 Å². The van der Waals surface area contributed by atoms with E-state index in [2.05, 4.69) is 0 Å². The van der Waals surface area contributed by atoms with Crippen molar-refractivity contribution in [2.24, 2.45) is 5.92 Å². The first kappa shape index (κ1) is 16.7. The van der Waals surface area contributed by atoms with Crippen molar-refractivity contribution in [3.8, 4) is 0 Å². The summed E-state index contributed by atoms with van der Waals surface area (Å²) in [5.74, 6) is 0.298. The molecule has 5 heteroatoms. The molecule has 2 aliphatic heterocycles. The van der Waals surface area contributed by atoms with Gasteiger partial charge in [0.05, 0.1) is 13.2 Å². The highest BCUT2D eigenvalue weighted by molar-refractivity contribution is 5.92. The number of likely N-dealkylation sites (tertiary alicyclic amines) is 1. The summed E-state index contributed by atoms with van der Waals surface area (Å²) >= 11 is 0. The van der Waals surface area contributed by atoms with E-state index in [0.29, 0.717) is 39.4 Å². The largest absolute Gasteiger partial charge is 0.378 e. The highest BCUT2D eigenvalue weighted by Gasteiger charge is 2.30. The summed E-state index contributed by atoms with van der Waals surface area (Å²) < 4.78 is 5.29. The number of carbonyl (C=O) groups excluding carboxylic acids is 2. The van der Waals surface area contributed by atoms with Gasteiger partial charge in [0.2, 0.25) is 11.8 Å². The minimum Gasteiger partial charge on any atom is -0.378 e. The van der Waals surface area contributed by atoms with Gasteiger partial charge in [-0.3, -0.25) is 9.59 Å². The molecule has 24 heavy (non-hydrogen) atoms. The Morgan fingerprint density at radius 3 is 2.29 bits per heavy atom. The number of ether oxygens (including phenoxy) is 1. The summed E-state index contributed by atoms with van der Waals surface area (Å²) in [4.78, 5) is 28.5. The Bertz CT molecular complexity index is 586. The van der Waals surface area contributed by atoms with Crippen molar-refractivity contribution in [2.45, 2.75) is 12.8 Å². The van der Waals surface area contributed by atoms with Gasteiger partial charge in [-0.25, -0.2) is 0 Å². The summed E-state index contributed by atoms with van der Waals surface area (Å²) in [6, 6.07) is 9.79. The van der Waals surface area contributed by atoms with E-state index in [1.165, 1.54) is 0 Å². The summed E-state index contributed by atoms with van der Waals surface area (Å²) in [6.07, 6.45) is 4.97. The van der Waals surface area contributed by atoms with Crippen LogP contribution in [0.1, 0.15) is 18.4 Å². The summed E-state index contributed by atoms with van der Waals surface area (Å²) in [5.41, 5.74) is 1.02. The van der Waals surface area contributed by atoms with Crippen LogP contribution in [0, 0.1) is 5.92 Å². The van der Waals surface area contributed by atoms with E-state index in [-0.39, 0.29) is 17.7 Å². The van der Waals surface area contributed by atoms with Gasteiger partial charge in [0.15, 0.2) is 0 Å². The molecule has 3 rings (SSSR count). The molecule has 0 aromatic heterocycles. The molecule has 0 saturated carbocycles. The Morgan fingerprint density at radius 1 is 0.958 bits per heavy atom. The van der Waals surface area contributed by atoms with Gasteiger partial charge in [0.1, 0.15) is 0 Å². The number of benzene rings is 1. The van der Waals surface area contributed by atoms with Gasteiger partial charge in [0.25, 0.3) is 0 Å². The maximum Gasteiger partial charge on any atom is 0.246 e. The normalized spacial score (nSPS) is 19.7. The minimum atomic E-state index is 0.0242. The second-order valence-electron chi connectivity index (χ2n) is 6.28. The van der Waals surface area contributed by atoms with Gasteiger partial charge in [0, 0.05) is 38.2 Å². The predicted octanol–water partition coefficient (Wildman–Crippen LogP) is 1.80. The van der Waals surface area contributed by atoms with Crippen molar-refractivity contribution in [1.29, 1.82) is 0 Å². The van der Waals surface area contributed by atoms with Crippen LogP contribution in [0.3, 0.4) is 0 Å². The lowest BCUT2D eigenvalue weighted by molar-refractivity contribution is -0.142. The first-order valence-corrected chi connectivity index (χ1v) is 8.62. The Hall–Kier alpha value is -2.14. The molecule has 5 nitrogen and oxygen atoms in total. The average Bonchev–Trinajstić information content (AvgIpc) is 2.67. The molecule has 2 amide bonds. The van der Waals surface area contributed by atoms with Gasteiger partial charge < -0.3 is 14.5 Å². The molecule has 0 unspecified atom stereocenters. The maximum absolute atomic E-state index is 12.5. The maximum atomic E-state index is 12.5. The first-order valence-electron chi connectivity index (χ1n) is 8.62. The zero-order valence-electron chi connectivity index (χ0n) is 13.9. The smallest absolute Gasteiger partial charge is 0.246 e. The summed E-state index contributed by atoms with van der Waals surface area (Å²) in [6.45, 7) is 3.95. The molecule has 1 aromatic rings. The monoisotopic (exact) mass is 328 g/mol. The topological polar surface area (TPSA) is 49.9 Å². The van der Waals surface area contributed by atoms with E-state index in [1.54, 1.807) is 6.08 Å². The second-order valence-corrected chi connectivity index (χ2v) is 6.28. The van der Waals surface area contributed by atoms with E-state index in [4.69, 9.17) is 4.74 Å². The fraction of sp³-hybridized carbons (Fsp3) is 0.474. The van der Waals surface area contributed by atoms with Crippen molar-refractivity contribution in [3.63, 3.8) is 0 Å². The third-order valence-electron chi connectivity index (χ3n) is 4.70. The van der Waals surface area contributed by atoms with Crippen LogP contribution in [-0.2, 0) is 14.3 Å². The van der Waals surface area contributed by atoms with Crippen molar-refractivity contribution < 1.29 is 14.3 Å². The third-order valence-corrected chi connectivity index (χ3v) is 4.70. The lowest BCUT2D eigenvalue weighted by atomic mass is 9.95. The number of nitrogens with zero attached hydrogens (tertiary/aromatic N) is 2.